The summed E-state index contributed by atoms with van der Waals surface area (Å²) in [7, 11) is -3.64. The van der Waals surface area contributed by atoms with E-state index in [0.717, 1.165) is 11.3 Å². The quantitative estimate of drug-likeness (QED) is 0.925. The van der Waals surface area contributed by atoms with Crippen molar-refractivity contribution in [2.45, 2.75) is 24.5 Å². The second-order valence-electron chi connectivity index (χ2n) is 4.98. The summed E-state index contributed by atoms with van der Waals surface area (Å²) >= 11 is 6.90. The van der Waals surface area contributed by atoms with Gasteiger partial charge in [-0.15, -0.1) is 11.3 Å². The van der Waals surface area contributed by atoms with E-state index >= 15 is 0 Å². The summed E-state index contributed by atoms with van der Waals surface area (Å²) in [5.41, 5.74) is -0.297. The van der Waals surface area contributed by atoms with Crippen LogP contribution < -0.4 is 0 Å². The summed E-state index contributed by atoms with van der Waals surface area (Å²) in [6.07, 6.45) is 0.319. The van der Waals surface area contributed by atoms with E-state index in [1.54, 1.807) is 13.8 Å². The van der Waals surface area contributed by atoms with E-state index in [4.69, 9.17) is 16.7 Å². The van der Waals surface area contributed by atoms with Crippen LogP contribution in [0, 0.1) is 12.3 Å². The Hall–Kier alpha value is -0.630. The Morgan fingerprint density at radius 2 is 2.21 bits per heavy atom. The van der Waals surface area contributed by atoms with Gasteiger partial charge in [0.05, 0.1) is 9.75 Å². The number of thiophene rings is 1. The molecule has 0 radical (unpaired) electrons. The highest BCUT2D eigenvalue weighted by Crippen LogP contribution is 2.37. The third-order valence-corrected chi connectivity index (χ3v) is 7.23. The minimum Gasteiger partial charge on any atom is -0.481 e. The smallest absolute Gasteiger partial charge is 0.310 e. The maximum absolute atomic E-state index is 12.4. The van der Waals surface area contributed by atoms with Crippen molar-refractivity contribution in [3.8, 4) is 0 Å². The van der Waals surface area contributed by atoms with Crippen LogP contribution in [-0.4, -0.2) is 36.9 Å². The van der Waals surface area contributed by atoms with Crippen molar-refractivity contribution in [1.82, 2.24) is 4.31 Å². The minimum atomic E-state index is -3.64. The highest BCUT2D eigenvalue weighted by molar-refractivity contribution is 7.91. The highest BCUT2D eigenvalue weighted by Gasteiger charge is 2.45. The summed E-state index contributed by atoms with van der Waals surface area (Å²) < 4.78 is 26.6. The van der Waals surface area contributed by atoms with Crippen LogP contribution >= 0.6 is 22.9 Å². The van der Waals surface area contributed by atoms with Crippen molar-refractivity contribution in [2.24, 2.45) is 5.41 Å². The molecule has 1 aromatic rings. The third-order valence-electron chi connectivity index (χ3n) is 3.38. The molecule has 2 rings (SSSR count). The Morgan fingerprint density at radius 3 is 2.63 bits per heavy atom. The lowest BCUT2D eigenvalue weighted by atomic mass is 9.90. The Balaban J connectivity index is 2.30. The van der Waals surface area contributed by atoms with Crippen LogP contribution in [0.15, 0.2) is 10.3 Å². The maximum atomic E-state index is 12.4. The maximum Gasteiger partial charge on any atom is 0.310 e. The van der Waals surface area contributed by atoms with Crippen molar-refractivity contribution in [1.29, 1.82) is 0 Å². The van der Waals surface area contributed by atoms with Crippen molar-refractivity contribution >= 4 is 38.9 Å². The van der Waals surface area contributed by atoms with Gasteiger partial charge >= 0.3 is 5.97 Å². The molecule has 1 aliphatic rings. The number of carbonyl (C=O) groups is 1. The first-order valence-corrected chi connectivity index (χ1v) is 8.30. The molecule has 0 amide bonds. The molecule has 19 heavy (non-hydrogen) atoms. The molecule has 8 heteroatoms. The average Bonchev–Trinajstić information content (AvgIpc) is 2.86. The van der Waals surface area contributed by atoms with Crippen LogP contribution in [0.1, 0.15) is 18.9 Å². The van der Waals surface area contributed by atoms with Gasteiger partial charge in [-0.2, -0.15) is 4.31 Å². The number of aryl methyl sites for hydroxylation is 1. The Labute approximate surface area is 120 Å². The lowest BCUT2D eigenvalue weighted by molar-refractivity contribution is -0.146. The largest absolute Gasteiger partial charge is 0.481 e. The topological polar surface area (TPSA) is 74.7 Å². The molecule has 0 aromatic carbocycles. The summed E-state index contributed by atoms with van der Waals surface area (Å²) in [6.45, 7) is 3.53. The van der Waals surface area contributed by atoms with Crippen molar-refractivity contribution in [3.05, 3.63) is 16.0 Å². The normalized spacial score (nSPS) is 24.8. The second-order valence-corrected chi connectivity index (χ2v) is 8.80. The SMILES string of the molecule is Cc1cc(S(=O)(=O)N2CCC(C)(C(=O)O)C2)sc1Cl. The fourth-order valence-corrected chi connectivity index (χ4v) is 5.41. The zero-order chi connectivity index (χ0) is 14.4. The van der Waals surface area contributed by atoms with E-state index in [1.807, 2.05) is 0 Å². The van der Waals surface area contributed by atoms with Gasteiger partial charge in [-0.25, -0.2) is 8.42 Å². The van der Waals surface area contributed by atoms with E-state index in [1.165, 1.54) is 10.4 Å². The molecule has 2 heterocycles. The number of rotatable bonds is 3. The molecule has 1 N–H and O–H groups in total. The van der Waals surface area contributed by atoms with Crippen LogP contribution in [0.5, 0.6) is 0 Å². The number of nitrogens with zero attached hydrogens (tertiary/aromatic N) is 1. The van der Waals surface area contributed by atoms with E-state index < -0.39 is 21.4 Å². The molecule has 1 fully saturated rings. The third kappa shape index (κ3) is 2.52. The van der Waals surface area contributed by atoms with Gasteiger partial charge in [-0.05, 0) is 31.9 Å². The van der Waals surface area contributed by atoms with Gasteiger partial charge in [-0.3, -0.25) is 4.79 Å². The van der Waals surface area contributed by atoms with Crippen molar-refractivity contribution < 1.29 is 18.3 Å². The predicted molar refractivity (Wildman–Crippen MR) is 73.2 cm³/mol. The molecule has 1 saturated heterocycles. The molecule has 106 valence electrons. The fourth-order valence-electron chi connectivity index (χ4n) is 1.98. The lowest BCUT2D eigenvalue weighted by Gasteiger charge is -2.19. The molecule has 0 saturated carbocycles. The second kappa shape index (κ2) is 4.73. The van der Waals surface area contributed by atoms with E-state index in [0.29, 0.717) is 16.3 Å². The molecule has 0 aliphatic carbocycles. The van der Waals surface area contributed by atoms with E-state index in [2.05, 4.69) is 0 Å². The predicted octanol–water partition coefficient (Wildman–Crippen LogP) is 2.20. The lowest BCUT2D eigenvalue weighted by Crippen LogP contribution is -2.34. The molecular weight excluding hydrogens is 310 g/mol. The molecule has 5 nitrogen and oxygen atoms in total. The summed E-state index contributed by atoms with van der Waals surface area (Å²) in [5.74, 6) is -0.967. The number of halogens is 1. The van der Waals surface area contributed by atoms with Gasteiger partial charge in [0.15, 0.2) is 0 Å². The summed E-state index contributed by atoms with van der Waals surface area (Å²) in [4.78, 5) is 11.2. The van der Waals surface area contributed by atoms with E-state index in [9.17, 15) is 13.2 Å². The zero-order valence-electron chi connectivity index (χ0n) is 10.5. The van der Waals surface area contributed by atoms with Crippen LogP contribution in [0.3, 0.4) is 0 Å². The molecular formula is C11H14ClNO4S2. The van der Waals surface area contributed by atoms with Crippen LogP contribution in [0.25, 0.3) is 0 Å². The molecule has 1 unspecified atom stereocenters. The molecule has 0 bridgehead atoms. The van der Waals surface area contributed by atoms with Gasteiger partial charge in [0.2, 0.25) is 0 Å². The fraction of sp³-hybridized carbons (Fsp3) is 0.545. The summed E-state index contributed by atoms with van der Waals surface area (Å²) in [6, 6.07) is 1.53. The molecule has 0 spiro atoms. The summed E-state index contributed by atoms with van der Waals surface area (Å²) in [5, 5.41) is 9.13. The molecule has 1 aliphatic heterocycles. The molecule has 1 atom stereocenters. The van der Waals surface area contributed by atoms with Gasteiger partial charge in [0, 0.05) is 13.1 Å². The van der Waals surface area contributed by atoms with E-state index in [-0.39, 0.29) is 17.3 Å². The highest BCUT2D eigenvalue weighted by atomic mass is 35.5. The van der Waals surface area contributed by atoms with Gasteiger partial charge < -0.3 is 5.11 Å². The zero-order valence-corrected chi connectivity index (χ0v) is 12.9. The first-order valence-electron chi connectivity index (χ1n) is 5.66. The Morgan fingerprint density at radius 1 is 1.58 bits per heavy atom. The monoisotopic (exact) mass is 323 g/mol. The number of carboxylic acid groups (broad SMARTS) is 1. The number of hydrogen-bond donors (Lipinski definition) is 1. The van der Waals surface area contributed by atoms with Crippen molar-refractivity contribution in [2.75, 3.05) is 13.1 Å². The number of hydrogen-bond acceptors (Lipinski definition) is 4. The Bertz CT molecular complexity index is 605. The minimum absolute atomic E-state index is 0.000761. The first kappa shape index (κ1) is 14.8. The number of carboxylic acids is 1. The van der Waals surface area contributed by atoms with Crippen molar-refractivity contribution in [3.63, 3.8) is 0 Å². The Kier molecular flexibility index (Phi) is 3.68. The van der Waals surface area contributed by atoms with Crippen LogP contribution in [-0.2, 0) is 14.8 Å². The first-order chi connectivity index (χ1) is 8.67. The van der Waals surface area contributed by atoms with Gasteiger partial charge in [0.1, 0.15) is 4.21 Å². The average molecular weight is 324 g/mol. The number of sulfonamides is 1. The van der Waals surface area contributed by atoms with Crippen LogP contribution in [0.4, 0.5) is 0 Å². The van der Waals surface area contributed by atoms with Gasteiger partial charge in [-0.1, -0.05) is 11.6 Å². The standard InChI is InChI=1S/C11H14ClNO4S2/c1-7-5-8(18-9(7)12)19(16,17)13-4-3-11(2,6-13)10(14)15/h5H,3-4,6H2,1-2H3,(H,14,15). The van der Waals surface area contributed by atoms with Gasteiger partial charge in [0.25, 0.3) is 10.0 Å². The number of aliphatic carboxylic acids is 1. The molecule has 1 aromatic heterocycles. The van der Waals surface area contributed by atoms with Crippen LogP contribution in [0.2, 0.25) is 4.34 Å².